The van der Waals surface area contributed by atoms with E-state index >= 15 is 0 Å². The van der Waals surface area contributed by atoms with Crippen LogP contribution in [0.4, 0.5) is 0 Å². The molecular weight excluding hydrogens is 228 g/mol. The van der Waals surface area contributed by atoms with E-state index in [0.717, 1.165) is 12.8 Å². The quantitative estimate of drug-likeness (QED) is 0.899. The number of hydrogen-bond donors (Lipinski definition) is 1. The van der Waals surface area contributed by atoms with Gasteiger partial charge in [0.15, 0.2) is 0 Å². The summed E-state index contributed by atoms with van der Waals surface area (Å²) in [5, 5.41) is 9.18. The highest BCUT2D eigenvalue weighted by Crippen LogP contribution is 2.24. The lowest BCUT2D eigenvalue weighted by molar-refractivity contribution is 0.371. The van der Waals surface area contributed by atoms with Gasteiger partial charge < -0.3 is 9.52 Å². The maximum Gasteiger partial charge on any atom is 0.378 e. The van der Waals surface area contributed by atoms with Crippen molar-refractivity contribution >= 4 is 0 Å². The maximum atomic E-state index is 11.3. The highest BCUT2D eigenvalue weighted by Gasteiger charge is 2.14. The van der Waals surface area contributed by atoms with Crippen molar-refractivity contribution in [2.45, 2.75) is 25.7 Å². The third-order valence-corrected chi connectivity index (χ3v) is 3.05. The monoisotopic (exact) mass is 244 g/mol. The molecule has 0 amide bonds. The summed E-state index contributed by atoms with van der Waals surface area (Å²) in [6, 6.07) is 13.2. The number of rotatable bonds is 4. The third-order valence-electron chi connectivity index (χ3n) is 3.05. The van der Waals surface area contributed by atoms with Crippen LogP contribution in [0.15, 0.2) is 51.7 Å². The number of hydrogen-bond acceptors (Lipinski definition) is 3. The van der Waals surface area contributed by atoms with Crippen LogP contribution in [0, 0.1) is 0 Å². The van der Waals surface area contributed by atoms with E-state index in [-0.39, 0.29) is 11.7 Å². The predicted molar refractivity (Wildman–Crippen MR) is 69.8 cm³/mol. The molecule has 1 heterocycles. The van der Waals surface area contributed by atoms with E-state index in [9.17, 15) is 9.90 Å². The van der Waals surface area contributed by atoms with Crippen LogP contribution in [0.25, 0.3) is 0 Å². The van der Waals surface area contributed by atoms with Gasteiger partial charge >= 0.3 is 5.63 Å². The van der Waals surface area contributed by atoms with E-state index in [1.54, 1.807) is 6.07 Å². The molecule has 1 atom stereocenters. The zero-order valence-corrected chi connectivity index (χ0v) is 10.3. The van der Waals surface area contributed by atoms with Crippen LogP contribution in [0.1, 0.15) is 30.6 Å². The molecule has 0 saturated carbocycles. The topological polar surface area (TPSA) is 50.4 Å². The summed E-state index contributed by atoms with van der Waals surface area (Å²) in [5.41, 5.74) is 0.541. The Morgan fingerprint density at radius 1 is 1.17 bits per heavy atom. The molecule has 0 saturated heterocycles. The van der Waals surface area contributed by atoms with Gasteiger partial charge in [-0.15, -0.1) is 0 Å². The fourth-order valence-electron chi connectivity index (χ4n) is 1.99. The SMILES string of the molecule is CCC(Cc1ccccc1)c1ccc(O)c(=O)o1. The molecule has 18 heavy (non-hydrogen) atoms. The number of aromatic hydroxyl groups is 1. The van der Waals surface area contributed by atoms with Crippen LogP contribution in [0.3, 0.4) is 0 Å². The van der Waals surface area contributed by atoms with Crippen LogP contribution in [-0.2, 0) is 6.42 Å². The maximum absolute atomic E-state index is 11.3. The molecule has 0 aliphatic heterocycles. The normalized spacial score (nSPS) is 12.3. The largest absolute Gasteiger partial charge is 0.502 e. The van der Waals surface area contributed by atoms with Gasteiger partial charge in [0, 0.05) is 5.92 Å². The smallest absolute Gasteiger partial charge is 0.378 e. The summed E-state index contributed by atoms with van der Waals surface area (Å²) in [6.45, 7) is 2.06. The molecule has 1 aromatic carbocycles. The lowest BCUT2D eigenvalue weighted by Gasteiger charge is -2.13. The molecule has 1 unspecified atom stereocenters. The Balaban J connectivity index is 2.23. The van der Waals surface area contributed by atoms with Crippen LogP contribution < -0.4 is 5.63 Å². The molecule has 2 rings (SSSR count). The second kappa shape index (κ2) is 5.54. The molecule has 3 nitrogen and oxygen atoms in total. The zero-order valence-electron chi connectivity index (χ0n) is 10.3. The van der Waals surface area contributed by atoms with Crippen molar-refractivity contribution in [3.05, 3.63) is 64.2 Å². The lowest BCUT2D eigenvalue weighted by atomic mass is 9.94. The van der Waals surface area contributed by atoms with Gasteiger partial charge in [0.25, 0.3) is 0 Å². The Labute approximate surface area is 106 Å². The summed E-state index contributed by atoms with van der Waals surface area (Å²) in [4.78, 5) is 11.3. The van der Waals surface area contributed by atoms with Crippen LogP contribution in [-0.4, -0.2) is 5.11 Å². The second-order valence-electron chi connectivity index (χ2n) is 4.31. The Bertz CT molecular complexity index is 557. The first-order valence-electron chi connectivity index (χ1n) is 6.07. The first-order chi connectivity index (χ1) is 8.70. The average molecular weight is 244 g/mol. The van der Waals surface area contributed by atoms with Crippen molar-refractivity contribution in [1.29, 1.82) is 0 Å². The summed E-state index contributed by atoms with van der Waals surface area (Å²) in [5.74, 6) is 0.443. The molecule has 0 bridgehead atoms. The van der Waals surface area contributed by atoms with Crippen molar-refractivity contribution < 1.29 is 9.52 Å². The van der Waals surface area contributed by atoms with E-state index in [2.05, 4.69) is 19.1 Å². The van der Waals surface area contributed by atoms with Gasteiger partial charge in [-0.25, -0.2) is 4.79 Å². The number of benzene rings is 1. The fourth-order valence-corrected chi connectivity index (χ4v) is 1.99. The molecule has 3 heteroatoms. The van der Waals surface area contributed by atoms with E-state index in [1.807, 2.05) is 18.2 Å². The summed E-state index contributed by atoms with van der Waals surface area (Å²) in [7, 11) is 0. The van der Waals surface area contributed by atoms with Gasteiger partial charge in [0.05, 0.1) is 0 Å². The first kappa shape index (κ1) is 12.4. The Morgan fingerprint density at radius 2 is 1.89 bits per heavy atom. The molecule has 2 aromatic rings. The van der Waals surface area contributed by atoms with Gasteiger partial charge in [0.1, 0.15) is 5.76 Å². The van der Waals surface area contributed by atoms with Crippen molar-refractivity contribution in [3.8, 4) is 5.75 Å². The standard InChI is InChI=1S/C15H16O3/c1-2-12(10-11-6-4-3-5-7-11)14-9-8-13(16)15(17)18-14/h3-9,12,16H,2,10H2,1H3. The minimum Gasteiger partial charge on any atom is -0.502 e. The van der Waals surface area contributed by atoms with Gasteiger partial charge in [-0.2, -0.15) is 0 Å². The highest BCUT2D eigenvalue weighted by atomic mass is 16.4. The van der Waals surface area contributed by atoms with Gasteiger partial charge in [-0.3, -0.25) is 0 Å². The van der Waals surface area contributed by atoms with Crippen molar-refractivity contribution in [2.75, 3.05) is 0 Å². The van der Waals surface area contributed by atoms with Crippen LogP contribution in [0.2, 0.25) is 0 Å². The van der Waals surface area contributed by atoms with Gasteiger partial charge in [-0.1, -0.05) is 37.3 Å². The minimum atomic E-state index is -0.668. The second-order valence-corrected chi connectivity index (χ2v) is 4.31. The Hall–Kier alpha value is -2.03. The average Bonchev–Trinajstić information content (AvgIpc) is 2.40. The molecule has 0 fully saturated rings. The third kappa shape index (κ3) is 2.80. The molecule has 0 aliphatic carbocycles. The first-order valence-corrected chi connectivity index (χ1v) is 6.07. The molecule has 0 radical (unpaired) electrons. The van der Waals surface area contributed by atoms with Crippen molar-refractivity contribution in [1.82, 2.24) is 0 Å². The van der Waals surface area contributed by atoms with E-state index in [1.165, 1.54) is 11.6 Å². The Kier molecular flexibility index (Phi) is 3.82. The van der Waals surface area contributed by atoms with Crippen molar-refractivity contribution in [3.63, 3.8) is 0 Å². The summed E-state index contributed by atoms with van der Waals surface area (Å²) >= 11 is 0. The molecule has 0 spiro atoms. The van der Waals surface area contributed by atoms with Crippen LogP contribution >= 0.6 is 0 Å². The van der Waals surface area contributed by atoms with E-state index < -0.39 is 5.63 Å². The summed E-state index contributed by atoms with van der Waals surface area (Å²) in [6.07, 6.45) is 1.70. The van der Waals surface area contributed by atoms with Gasteiger partial charge in [-0.05, 0) is 30.5 Å². The fraction of sp³-hybridized carbons (Fsp3) is 0.267. The molecule has 1 aromatic heterocycles. The molecular formula is C15H16O3. The van der Waals surface area contributed by atoms with Gasteiger partial charge in [0.2, 0.25) is 5.75 Å². The van der Waals surface area contributed by atoms with Crippen molar-refractivity contribution in [2.24, 2.45) is 0 Å². The lowest BCUT2D eigenvalue weighted by Crippen LogP contribution is -2.06. The van der Waals surface area contributed by atoms with Crippen LogP contribution in [0.5, 0.6) is 5.75 Å². The Morgan fingerprint density at radius 3 is 2.50 bits per heavy atom. The summed E-state index contributed by atoms with van der Waals surface area (Å²) < 4.78 is 5.13. The van der Waals surface area contributed by atoms with E-state index in [0.29, 0.717) is 5.76 Å². The molecule has 94 valence electrons. The van der Waals surface area contributed by atoms with E-state index in [4.69, 9.17) is 4.42 Å². The predicted octanol–water partition coefficient (Wildman–Crippen LogP) is 3.08. The molecule has 0 aliphatic rings. The minimum absolute atomic E-state index is 0.153. The zero-order chi connectivity index (χ0) is 13.0. The highest BCUT2D eigenvalue weighted by molar-refractivity contribution is 5.21. The molecule has 1 N–H and O–H groups in total.